The highest BCUT2D eigenvalue weighted by Crippen LogP contribution is 2.30. The quantitative estimate of drug-likeness (QED) is 0.594. The zero-order valence-electron chi connectivity index (χ0n) is 6.53. The van der Waals surface area contributed by atoms with E-state index in [1.807, 2.05) is 0 Å². The van der Waals surface area contributed by atoms with Crippen molar-refractivity contribution in [3.8, 4) is 0 Å². The number of nitro groups is 1. The van der Waals surface area contributed by atoms with Gasteiger partial charge < -0.3 is 0 Å². The molecule has 0 amide bonds. The molecule has 1 heterocycles. The second kappa shape index (κ2) is 3.25. The first-order valence-corrected chi connectivity index (χ1v) is 5.09. The smallest absolute Gasteiger partial charge is 0.258 e. The molecule has 0 saturated carbocycles. The fraction of sp³-hybridized carbons (Fsp3) is 0. The summed E-state index contributed by atoms with van der Waals surface area (Å²) >= 11 is 4.35. The van der Waals surface area contributed by atoms with Gasteiger partial charge in [-0.2, -0.15) is 4.39 Å². The number of thiazole rings is 1. The molecule has 14 heavy (non-hydrogen) atoms. The molecule has 0 bridgehead atoms. The van der Waals surface area contributed by atoms with E-state index in [0.717, 1.165) is 6.07 Å². The third-order valence-corrected chi connectivity index (χ3v) is 3.10. The van der Waals surface area contributed by atoms with Gasteiger partial charge in [-0.3, -0.25) is 10.1 Å². The fourth-order valence-electron chi connectivity index (χ4n) is 1.05. The Morgan fingerprint density at radius 3 is 2.93 bits per heavy atom. The maximum Gasteiger partial charge on any atom is 0.306 e. The number of nitro benzene ring substituents is 1. The maximum atomic E-state index is 13.1. The highest BCUT2D eigenvalue weighted by Gasteiger charge is 2.16. The molecule has 1 aromatic heterocycles. The van der Waals surface area contributed by atoms with Crippen LogP contribution in [-0.2, 0) is 0 Å². The monoisotopic (exact) mass is 276 g/mol. The molecule has 0 aliphatic rings. The summed E-state index contributed by atoms with van der Waals surface area (Å²) in [5, 5.41) is 10.4. The molecule has 4 nitrogen and oxygen atoms in total. The van der Waals surface area contributed by atoms with Gasteiger partial charge in [-0.25, -0.2) is 4.98 Å². The van der Waals surface area contributed by atoms with E-state index in [2.05, 4.69) is 20.9 Å². The minimum atomic E-state index is -0.861. The zero-order chi connectivity index (χ0) is 10.3. The Hall–Kier alpha value is -1.08. The minimum Gasteiger partial charge on any atom is -0.258 e. The molecule has 7 heteroatoms. The average molecular weight is 277 g/mol. The van der Waals surface area contributed by atoms with Crippen LogP contribution in [0.4, 0.5) is 10.1 Å². The highest BCUT2D eigenvalue weighted by atomic mass is 79.9. The molecule has 0 spiro atoms. The van der Waals surface area contributed by atoms with Crippen molar-refractivity contribution in [3.63, 3.8) is 0 Å². The summed E-state index contributed by atoms with van der Waals surface area (Å²) in [4.78, 5) is 13.6. The molecule has 0 radical (unpaired) electrons. The molecule has 2 aromatic rings. The van der Waals surface area contributed by atoms with Crippen molar-refractivity contribution in [1.82, 2.24) is 4.98 Å². The molecular weight excluding hydrogens is 275 g/mol. The van der Waals surface area contributed by atoms with E-state index < -0.39 is 16.4 Å². The summed E-state index contributed by atoms with van der Waals surface area (Å²) in [6.07, 6.45) is 0. The van der Waals surface area contributed by atoms with E-state index in [1.54, 1.807) is 0 Å². The molecule has 2 rings (SSSR count). The van der Waals surface area contributed by atoms with Crippen molar-refractivity contribution in [2.75, 3.05) is 0 Å². The lowest BCUT2D eigenvalue weighted by atomic mass is 10.3. The van der Waals surface area contributed by atoms with Crippen LogP contribution in [0.3, 0.4) is 0 Å². The van der Waals surface area contributed by atoms with Crippen molar-refractivity contribution in [1.29, 1.82) is 0 Å². The normalized spacial score (nSPS) is 10.7. The topological polar surface area (TPSA) is 56.0 Å². The summed E-state index contributed by atoms with van der Waals surface area (Å²) in [6, 6.07) is 2.25. The molecule has 0 unspecified atom stereocenters. The Balaban J connectivity index is 2.76. The lowest BCUT2D eigenvalue weighted by Crippen LogP contribution is -1.91. The van der Waals surface area contributed by atoms with E-state index in [1.165, 1.54) is 17.4 Å². The second-order valence-corrected chi connectivity index (χ2v) is 4.80. The maximum absolute atomic E-state index is 13.1. The summed E-state index contributed by atoms with van der Waals surface area (Å²) in [5.41, 5.74) is -0.0985. The van der Waals surface area contributed by atoms with E-state index in [-0.39, 0.29) is 0 Å². The zero-order valence-corrected chi connectivity index (χ0v) is 8.93. The number of hydrogen-bond acceptors (Lipinski definition) is 4. The SMILES string of the molecule is O=[N+]([O-])c1cc2sc(Br)nc2cc1F. The van der Waals surface area contributed by atoms with Crippen molar-refractivity contribution in [3.05, 3.63) is 32.0 Å². The van der Waals surface area contributed by atoms with Crippen molar-refractivity contribution in [2.24, 2.45) is 0 Å². The molecule has 0 aliphatic heterocycles. The third-order valence-electron chi connectivity index (χ3n) is 1.63. The first kappa shape index (κ1) is 9.47. The van der Waals surface area contributed by atoms with Gasteiger partial charge in [0.2, 0.25) is 5.82 Å². The summed E-state index contributed by atoms with van der Waals surface area (Å²) in [6.45, 7) is 0. The van der Waals surface area contributed by atoms with E-state index in [9.17, 15) is 14.5 Å². The van der Waals surface area contributed by atoms with Crippen LogP contribution in [0.15, 0.2) is 16.0 Å². The standard InChI is InChI=1S/C7H2BrFN2O2S/c8-7-10-4-1-3(9)5(11(12)13)2-6(4)14-7/h1-2H. The Bertz CT molecular complexity index is 528. The third kappa shape index (κ3) is 1.48. The van der Waals surface area contributed by atoms with Gasteiger partial charge in [0.05, 0.1) is 15.1 Å². The van der Waals surface area contributed by atoms with Crippen molar-refractivity contribution >= 4 is 43.2 Å². The Labute approximate surface area is 89.7 Å². The molecular formula is C7H2BrFN2O2S. The van der Waals surface area contributed by atoms with Gasteiger partial charge in [-0.15, -0.1) is 11.3 Å². The van der Waals surface area contributed by atoms with Gasteiger partial charge in [0.25, 0.3) is 0 Å². The molecule has 0 fully saturated rings. The summed E-state index contributed by atoms with van der Waals surface area (Å²) < 4.78 is 14.3. The van der Waals surface area contributed by atoms with Gasteiger partial charge in [0.1, 0.15) is 0 Å². The Kier molecular flexibility index (Phi) is 2.20. The van der Waals surface area contributed by atoms with Crippen LogP contribution in [0.2, 0.25) is 0 Å². The average Bonchev–Trinajstić information content (AvgIpc) is 2.42. The predicted octanol–water partition coefficient (Wildman–Crippen LogP) is 3.11. The van der Waals surface area contributed by atoms with Crippen LogP contribution in [-0.4, -0.2) is 9.91 Å². The van der Waals surface area contributed by atoms with Gasteiger partial charge >= 0.3 is 5.69 Å². The van der Waals surface area contributed by atoms with E-state index >= 15 is 0 Å². The van der Waals surface area contributed by atoms with Gasteiger partial charge in [0, 0.05) is 12.1 Å². The van der Waals surface area contributed by atoms with Crippen LogP contribution in [0.1, 0.15) is 0 Å². The largest absolute Gasteiger partial charge is 0.306 e. The summed E-state index contributed by atoms with van der Waals surface area (Å²) in [5.74, 6) is -0.861. The molecule has 0 N–H and O–H groups in total. The van der Waals surface area contributed by atoms with Crippen LogP contribution >= 0.6 is 27.3 Å². The molecule has 0 saturated heterocycles. The van der Waals surface area contributed by atoms with Crippen molar-refractivity contribution in [2.45, 2.75) is 0 Å². The molecule has 0 aliphatic carbocycles. The number of aromatic nitrogens is 1. The number of hydrogen-bond donors (Lipinski definition) is 0. The van der Waals surface area contributed by atoms with Crippen LogP contribution in [0.25, 0.3) is 10.2 Å². The lowest BCUT2D eigenvalue weighted by molar-refractivity contribution is -0.387. The molecule has 72 valence electrons. The first-order valence-electron chi connectivity index (χ1n) is 3.48. The number of nitrogens with zero attached hydrogens (tertiary/aromatic N) is 2. The van der Waals surface area contributed by atoms with E-state index in [4.69, 9.17) is 0 Å². The Morgan fingerprint density at radius 2 is 2.29 bits per heavy atom. The number of benzene rings is 1. The number of rotatable bonds is 1. The van der Waals surface area contributed by atoms with Crippen LogP contribution < -0.4 is 0 Å². The minimum absolute atomic E-state index is 0.421. The summed E-state index contributed by atoms with van der Waals surface area (Å²) in [7, 11) is 0. The van der Waals surface area contributed by atoms with E-state index in [0.29, 0.717) is 14.1 Å². The van der Waals surface area contributed by atoms with Crippen LogP contribution in [0, 0.1) is 15.9 Å². The lowest BCUT2D eigenvalue weighted by Gasteiger charge is -1.92. The van der Waals surface area contributed by atoms with Gasteiger partial charge in [-0.1, -0.05) is 0 Å². The number of fused-ring (bicyclic) bond motifs is 1. The highest BCUT2D eigenvalue weighted by molar-refractivity contribution is 9.11. The number of halogens is 2. The van der Waals surface area contributed by atoms with Crippen molar-refractivity contribution < 1.29 is 9.31 Å². The van der Waals surface area contributed by atoms with Gasteiger partial charge in [-0.05, 0) is 15.9 Å². The second-order valence-electron chi connectivity index (χ2n) is 2.50. The van der Waals surface area contributed by atoms with Crippen LogP contribution in [0.5, 0.6) is 0 Å². The molecule has 0 atom stereocenters. The van der Waals surface area contributed by atoms with Gasteiger partial charge in [0.15, 0.2) is 3.92 Å². The first-order chi connectivity index (χ1) is 6.58. The molecule has 1 aromatic carbocycles. The fourth-order valence-corrected chi connectivity index (χ4v) is 2.47. The predicted molar refractivity (Wildman–Crippen MR) is 53.9 cm³/mol. The Morgan fingerprint density at radius 1 is 1.57 bits per heavy atom.